The molecule has 0 aliphatic carbocycles. The monoisotopic (exact) mass is 261 g/mol. The minimum absolute atomic E-state index is 0.109. The van der Waals surface area contributed by atoms with E-state index in [4.69, 9.17) is 0 Å². The topological polar surface area (TPSA) is 32.3 Å². The Labute approximate surface area is 105 Å². The molecule has 2 nitrogen and oxygen atoms in total. The quantitative estimate of drug-likeness (QED) is 0.854. The first-order chi connectivity index (χ1) is 8.26. The predicted octanol–water partition coefficient (Wildman–Crippen LogP) is 3.04. The first-order valence-corrected chi connectivity index (χ1v) is 5.84. The number of rotatable bonds is 5. The molecule has 2 N–H and O–H groups in total. The van der Waals surface area contributed by atoms with Crippen LogP contribution in [0.5, 0.6) is 0 Å². The summed E-state index contributed by atoms with van der Waals surface area (Å²) in [4.78, 5) is 0. The highest BCUT2D eigenvalue weighted by atomic mass is 19.4. The third-order valence-corrected chi connectivity index (χ3v) is 2.91. The third-order valence-electron chi connectivity index (χ3n) is 2.91. The molecule has 0 aromatic heterocycles. The molecule has 0 radical (unpaired) electrons. The van der Waals surface area contributed by atoms with Gasteiger partial charge in [-0.3, -0.25) is 5.32 Å². The Balaban J connectivity index is 2.82. The zero-order chi connectivity index (χ0) is 13.8. The molecule has 0 saturated carbocycles. The second kappa shape index (κ2) is 5.71. The van der Waals surface area contributed by atoms with Crippen molar-refractivity contribution in [1.82, 2.24) is 5.32 Å². The van der Waals surface area contributed by atoms with Crippen LogP contribution in [0.15, 0.2) is 30.3 Å². The van der Waals surface area contributed by atoms with E-state index >= 15 is 0 Å². The van der Waals surface area contributed by atoms with Crippen LogP contribution in [0.1, 0.15) is 31.9 Å². The van der Waals surface area contributed by atoms with Crippen LogP contribution in [0.2, 0.25) is 0 Å². The summed E-state index contributed by atoms with van der Waals surface area (Å²) in [5.41, 5.74) is -0.991. The lowest BCUT2D eigenvalue weighted by Gasteiger charge is -2.27. The smallest absolute Gasteiger partial charge is 0.389 e. The molecule has 18 heavy (non-hydrogen) atoms. The number of alkyl halides is 3. The molecule has 0 bridgehead atoms. The Morgan fingerprint density at radius 2 is 1.78 bits per heavy atom. The molecule has 0 spiro atoms. The largest absolute Gasteiger partial charge is 0.407 e. The minimum atomic E-state index is -4.38. The van der Waals surface area contributed by atoms with Crippen molar-refractivity contribution in [3.8, 4) is 0 Å². The average Bonchev–Trinajstić information content (AvgIpc) is 2.29. The molecule has 1 rings (SSSR count). The molecule has 0 amide bonds. The Morgan fingerprint density at radius 1 is 1.22 bits per heavy atom. The Bertz CT molecular complexity index is 362. The van der Waals surface area contributed by atoms with Gasteiger partial charge >= 0.3 is 6.18 Å². The van der Waals surface area contributed by atoms with Crippen molar-refractivity contribution >= 4 is 0 Å². The summed E-state index contributed by atoms with van der Waals surface area (Å²) in [6.45, 7) is 3.13. The highest BCUT2D eigenvalue weighted by Crippen LogP contribution is 2.32. The molecule has 0 saturated heterocycles. The number of hydrogen-bond acceptors (Lipinski definition) is 2. The maximum absolute atomic E-state index is 12.9. The third kappa shape index (κ3) is 4.31. The summed E-state index contributed by atoms with van der Waals surface area (Å²) in [6, 6.07) is 5.88. The maximum atomic E-state index is 12.9. The molecule has 0 aliphatic rings. The first-order valence-electron chi connectivity index (χ1n) is 5.84. The summed E-state index contributed by atoms with van der Waals surface area (Å²) in [7, 11) is 0. The molecule has 2 atom stereocenters. The van der Waals surface area contributed by atoms with E-state index in [1.54, 1.807) is 25.1 Å². The molecule has 0 heterocycles. The van der Waals surface area contributed by atoms with Gasteiger partial charge in [0, 0.05) is 6.54 Å². The fourth-order valence-electron chi connectivity index (χ4n) is 1.51. The second-order valence-corrected chi connectivity index (χ2v) is 4.62. The van der Waals surface area contributed by atoms with E-state index < -0.39 is 17.8 Å². The van der Waals surface area contributed by atoms with Crippen LogP contribution in [-0.4, -0.2) is 23.4 Å². The van der Waals surface area contributed by atoms with Crippen LogP contribution < -0.4 is 5.32 Å². The van der Waals surface area contributed by atoms with Gasteiger partial charge in [0.05, 0.1) is 5.60 Å². The molecule has 1 aromatic rings. The molecule has 5 heteroatoms. The van der Waals surface area contributed by atoms with Crippen LogP contribution >= 0.6 is 0 Å². The first kappa shape index (κ1) is 15.0. The lowest BCUT2D eigenvalue weighted by molar-refractivity contribution is -0.160. The van der Waals surface area contributed by atoms with Crippen molar-refractivity contribution in [3.63, 3.8) is 0 Å². The number of hydrogen-bond donors (Lipinski definition) is 2. The van der Waals surface area contributed by atoms with Crippen LogP contribution in [0.4, 0.5) is 13.2 Å². The van der Waals surface area contributed by atoms with E-state index in [2.05, 4.69) is 5.32 Å². The Hall–Kier alpha value is -1.07. The average molecular weight is 261 g/mol. The summed E-state index contributed by atoms with van der Waals surface area (Å²) < 4.78 is 38.8. The van der Waals surface area contributed by atoms with Gasteiger partial charge in [-0.1, -0.05) is 37.3 Å². The van der Waals surface area contributed by atoms with Crippen molar-refractivity contribution < 1.29 is 18.3 Å². The summed E-state index contributed by atoms with van der Waals surface area (Å²) in [6.07, 6.45) is -4.00. The standard InChI is InChI=1S/C13H18F3NO/c1-3-12(2,18)9-17-11(13(14,15)16)10-7-5-4-6-8-10/h4-8,11,17-18H,3,9H2,1-2H3. The number of benzene rings is 1. The molecular weight excluding hydrogens is 243 g/mol. The van der Waals surface area contributed by atoms with Crippen molar-refractivity contribution in [2.24, 2.45) is 0 Å². The van der Waals surface area contributed by atoms with Crippen LogP contribution in [-0.2, 0) is 0 Å². The Kier molecular flexibility index (Phi) is 4.76. The number of nitrogens with one attached hydrogen (secondary N) is 1. The van der Waals surface area contributed by atoms with E-state index in [1.165, 1.54) is 19.1 Å². The summed E-state index contributed by atoms with van der Waals surface area (Å²) in [5.74, 6) is 0. The zero-order valence-corrected chi connectivity index (χ0v) is 10.5. The second-order valence-electron chi connectivity index (χ2n) is 4.62. The normalized spacial score (nSPS) is 17.2. The lowest BCUT2D eigenvalue weighted by atomic mass is 10.0. The van der Waals surface area contributed by atoms with Crippen molar-refractivity contribution in [1.29, 1.82) is 0 Å². The molecule has 0 fully saturated rings. The number of aliphatic hydroxyl groups is 1. The molecular formula is C13H18F3NO. The zero-order valence-electron chi connectivity index (χ0n) is 10.5. The van der Waals surface area contributed by atoms with Crippen LogP contribution in [0.3, 0.4) is 0 Å². The maximum Gasteiger partial charge on any atom is 0.407 e. The van der Waals surface area contributed by atoms with Crippen LogP contribution in [0, 0.1) is 0 Å². The molecule has 102 valence electrons. The number of halogens is 3. The minimum Gasteiger partial charge on any atom is -0.389 e. The fourth-order valence-corrected chi connectivity index (χ4v) is 1.51. The van der Waals surface area contributed by atoms with Crippen molar-refractivity contribution in [2.75, 3.05) is 6.54 Å². The van der Waals surface area contributed by atoms with E-state index in [-0.39, 0.29) is 12.1 Å². The van der Waals surface area contributed by atoms with Gasteiger partial charge in [-0.25, -0.2) is 0 Å². The highest BCUT2D eigenvalue weighted by Gasteiger charge is 2.41. The summed E-state index contributed by atoms with van der Waals surface area (Å²) in [5, 5.41) is 12.1. The summed E-state index contributed by atoms with van der Waals surface area (Å²) >= 11 is 0. The van der Waals surface area contributed by atoms with Gasteiger partial charge < -0.3 is 5.11 Å². The van der Waals surface area contributed by atoms with Gasteiger partial charge in [-0.2, -0.15) is 13.2 Å². The van der Waals surface area contributed by atoms with E-state index in [9.17, 15) is 18.3 Å². The van der Waals surface area contributed by atoms with Crippen molar-refractivity contribution in [2.45, 2.75) is 38.1 Å². The van der Waals surface area contributed by atoms with E-state index in [0.717, 1.165) is 0 Å². The lowest BCUT2D eigenvalue weighted by Crippen LogP contribution is -2.43. The van der Waals surface area contributed by atoms with Gasteiger partial charge in [0.15, 0.2) is 0 Å². The van der Waals surface area contributed by atoms with Crippen LogP contribution in [0.25, 0.3) is 0 Å². The highest BCUT2D eigenvalue weighted by molar-refractivity contribution is 5.20. The molecule has 1 aromatic carbocycles. The van der Waals surface area contributed by atoms with Gasteiger partial charge in [0.25, 0.3) is 0 Å². The molecule has 0 aliphatic heterocycles. The van der Waals surface area contributed by atoms with E-state index in [1.807, 2.05) is 0 Å². The van der Waals surface area contributed by atoms with E-state index in [0.29, 0.717) is 6.42 Å². The predicted molar refractivity (Wildman–Crippen MR) is 64.2 cm³/mol. The van der Waals surface area contributed by atoms with Gasteiger partial charge in [0.2, 0.25) is 0 Å². The Morgan fingerprint density at radius 3 is 2.22 bits per heavy atom. The SMILES string of the molecule is CCC(C)(O)CNC(c1ccccc1)C(F)(F)F. The van der Waals surface area contributed by atoms with Gasteiger partial charge in [-0.05, 0) is 18.9 Å². The molecule has 2 unspecified atom stereocenters. The van der Waals surface area contributed by atoms with Gasteiger partial charge in [-0.15, -0.1) is 0 Å². The fraction of sp³-hybridized carbons (Fsp3) is 0.538. The van der Waals surface area contributed by atoms with Gasteiger partial charge in [0.1, 0.15) is 6.04 Å². The van der Waals surface area contributed by atoms with Crippen molar-refractivity contribution in [3.05, 3.63) is 35.9 Å².